The lowest BCUT2D eigenvalue weighted by Crippen LogP contribution is -2.39. The highest BCUT2D eigenvalue weighted by Gasteiger charge is 2.39. The second-order valence-electron chi connectivity index (χ2n) is 6.19. The standard InChI is InChI=1S/C16H20Cl2N2O/c1-10-7-19-8-13(10)16(21)20(12-3-4-12)9-11-2-5-14(17)15(18)6-11/h2,5-6,10,12-13,19H,3-4,7-9H2,1H3. The van der Waals surface area contributed by atoms with E-state index in [-0.39, 0.29) is 11.8 Å². The Morgan fingerprint density at radius 1 is 1.29 bits per heavy atom. The Morgan fingerprint density at radius 2 is 2.05 bits per heavy atom. The van der Waals surface area contributed by atoms with E-state index in [0.717, 1.165) is 31.5 Å². The number of nitrogens with one attached hydrogen (secondary N) is 1. The molecule has 2 unspecified atom stereocenters. The summed E-state index contributed by atoms with van der Waals surface area (Å²) in [6.07, 6.45) is 2.23. The van der Waals surface area contributed by atoms with Crippen LogP contribution in [0.15, 0.2) is 18.2 Å². The molecule has 21 heavy (non-hydrogen) atoms. The molecule has 2 atom stereocenters. The molecule has 1 N–H and O–H groups in total. The Balaban J connectivity index is 1.75. The molecular formula is C16H20Cl2N2O. The van der Waals surface area contributed by atoms with Gasteiger partial charge < -0.3 is 10.2 Å². The van der Waals surface area contributed by atoms with Crippen LogP contribution in [0.4, 0.5) is 0 Å². The van der Waals surface area contributed by atoms with Crippen LogP contribution in [0, 0.1) is 11.8 Å². The molecule has 0 spiro atoms. The van der Waals surface area contributed by atoms with Crippen LogP contribution >= 0.6 is 23.2 Å². The Bertz CT molecular complexity index is 545. The average molecular weight is 327 g/mol. The molecule has 3 rings (SSSR count). The van der Waals surface area contributed by atoms with Crippen molar-refractivity contribution >= 4 is 29.1 Å². The molecule has 1 saturated heterocycles. The summed E-state index contributed by atoms with van der Waals surface area (Å²) in [5, 5.41) is 4.41. The SMILES string of the molecule is CC1CNCC1C(=O)N(Cc1ccc(Cl)c(Cl)c1)C1CC1. The quantitative estimate of drug-likeness (QED) is 0.920. The van der Waals surface area contributed by atoms with Crippen molar-refractivity contribution in [1.29, 1.82) is 0 Å². The predicted molar refractivity (Wildman–Crippen MR) is 85.6 cm³/mol. The number of halogens is 2. The first-order chi connectivity index (χ1) is 10.1. The van der Waals surface area contributed by atoms with E-state index in [9.17, 15) is 4.79 Å². The molecule has 0 radical (unpaired) electrons. The Hall–Kier alpha value is -0.770. The van der Waals surface area contributed by atoms with Crippen molar-refractivity contribution in [1.82, 2.24) is 10.2 Å². The molecule has 114 valence electrons. The van der Waals surface area contributed by atoms with Gasteiger partial charge in [0, 0.05) is 19.1 Å². The van der Waals surface area contributed by atoms with Crippen LogP contribution < -0.4 is 5.32 Å². The molecule has 3 nitrogen and oxygen atoms in total. The van der Waals surface area contributed by atoms with Crippen LogP contribution in [0.5, 0.6) is 0 Å². The topological polar surface area (TPSA) is 32.3 Å². The summed E-state index contributed by atoms with van der Waals surface area (Å²) in [6.45, 7) is 4.50. The molecule has 2 fully saturated rings. The maximum atomic E-state index is 12.8. The maximum Gasteiger partial charge on any atom is 0.227 e. The average Bonchev–Trinajstić information content (AvgIpc) is 3.21. The zero-order valence-corrected chi connectivity index (χ0v) is 13.6. The van der Waals surface area contributed by atoms with Gasteiger partial charge in [-0.3, -0.25) is 4.79 Å². The second kappa shape index (κ2) is 6.15. The minimum absolute atomic E-state index is 0.105. The van der Waals surface area contributed by atoms with Crippen LogP contribution in [0.1, 0.15) is 25.3 Å². The molecule has 1 saturated carbocycles. The monoisotopic (exact) mass is 326 g/mol. The molecule has 1 aliphatic carbocycles. The summed E-state index contributed by atoms with van der Waals surface area (Å²) in [7, 11) is 0. The molecule has 0 aromatic heterocycles. The highest BCUT2D eigenvalue weighted by Crippen LogP contribution is 2.32. The van der Waals surface area contributed by atoms with Gasteiger partial charge in [0.15, 0.2) is 0 Å². The van der Waals surface area contributed by atoms with Crippen molar-refractivity contribution in [2.45, 2.75) is 32.4 Å². The van der Waals surface area contributed by atoms with Crippen molar-refractivity contribution < 1.29 is 4.79 Å². The molecule has 1 heterocycles. The molecule has 1 aliphatic heterocycles. The highest BCUT2D eigenvalue weighted by molar-refractivity contribution is 6.42. The van der Waals surface area contributed by atoms with Gasteiger partial charge >= 0.3 is 0 Å². The lowest BCUT2D eigenvalue weighted by Gasteiger charge is -2.27. The van der Waals surface area contributed by atoms with Crippen LogP contribution in [-0.4, -0.2) is 29.9 Å². The van der Waals surface area contributed by atoms with E-state index in [2.05, 4.69) is 12.2 Å². The third-order valence-electron chi connectivity index (χ3n) is 4.44. The maximum absolute atomic E-state index is 12.8. The zero-order chi connectivity index (χ0) is 15.0. The van der Waals surface area contributed by atoms with Gasteiger partial charge in [-0.05, 0) is 43.0 Å². The van der Waals surface area contributed by atoms with Crippen molar-refractivity contribution in [2.24, 2.45) is 11.8 Å². The van der Waals surface area contributed by atoms with Crippen LogP contribution in [0.3, 0.4) is 0 Å². The Kier molecular flexibility index (Phi) is 4.43. The fraction of sp³-hybridized carbons (Fsp3) is 0.562. The van der Waals surface area contributed by atoms with Crippen LogP contribution in [0.2, 0.25) is 10.0 Å². The summed E-state index contributed by atoms with van der Waals surface area (Å²) < 4.78 is 0. The molecule has 1 aromatic carbocycles. The molecule has 1 aromatic rings. The minimum Gasteiger partial charge on any atom is -0.335 e. The van der Waals surface area contributed by atoms with Crippen LogP contribution in [-0.2, 0) is 11.3 Å². The predicted octanol–water partition coefficient (Wildman–Crippen LogP) is 3.34. The number of hydrogen-bond donors (Lipinski definition) is 1. The molecule has 1 amide bonds. The highest BCUT2D eigenvalue weighted by atomic mass is 35.5. The van der Waals surface area contributed by atoms with E-state index in [0.29, 0.717) is 28.5 Å². The van der Waals surface area contributed by atoms with Gasteiger partial charge in [0.1, 0.15) is 0 Å². The van der Waals surface area contributed by atoms with Crippen molar-refractivity contribution in [3.8, 4) is 0 Å². The van der Waals surface area contributed by atoms with E-state index in [1.165, 1.54) is 0 Å². The Labute approximate surface area is 135 Å². The fourth-order valence-corrected chi connectivity index (χ4v) is 3.28. The number of carbonyl (C=O) groups excluding carboxylic acids is 1. The first-order valence-electron chi connectivity index (χ1n) is 7.51. The molecule has 0 bridgehead atoms. The van der Waals surface area contributed by atoms with Gasteiger partial charge in [0.05, 0.1) is 16.0 Å². The lowest BCUT2D eigenvalue weighted by atomic mass is 9.96. The van der Waals surface area contributed by atoms with Gasteiger partial charge in [-0.25, -0.2) is 0 Å². The summed E-state index contributed by atoms with van der Waals surface area (Å²) in [5.41, 5.74) is 1.04. The third kappa shape index (κ3) is 3.36. The zero-order valence-electron chi connectivity index (χ0n) is 12.1. The number of rotatable bonds is 4. The van der Waals surface area contributed by atoms with E-state index in [1.807, 2.05) is 17.0 Å². The summed E-state index contributed by atoms with van der Waals surface area (Å²) in [6, 6.07) is 6.02. The normalized spacial score (nSPS) is 25.1. The molecule has 5 heteroatoms. The first kappa shape index (κ1) is 15.1. The summed E-state index contributed by atoms with van der Waals surface area (Å²) in [4.78, 5) is 14.9. The number of carbonyl (C=O) groups is 1. The summed E-state index contributed by atoms with van der Waals surface area (Å²) >= 11 is 12.0. The third-order valence-corrected chi connectivity index (χ3v) is 5.18. The number of amides is 1. The smallest absolute Gasteiger partial charge is 0.227 e. The first-order valence-corrected chi connectivity index (χ1v) is 8.27. The lowest BCUT2D eigenvalue weighted by molar-refractivity contribution is -0.137. The Morgan fingerprint density at radius 3 is 2.62 bits per heavy atom. The summed E-state index contributed by atoms with van der Waals surface area (Å²) in [5.74, 6) is 0.794. The van der Waals surface area contributed by atoms with Gasteiger partial charge in [-0.2, -0.15) is 0 Å². The van der Waals surface area contributed by atoms with Crippen molar-refractivity contribution in [3.05, 3.63) is 33.8 Å². The van der Waals surface area contributed by atoms with Gasteiger partial charge in [0.2, 0.25) is 5.91 Å². The van der Waals surface area contributed by atoms with E-state index in [4.69, 9.17) is 23.2 Å². The molecular weight excluding hydrogens is 307 g/mol. The van der Waals surface area contributed by atoms with E-state index < -0.39 is 0 Å². The van der Waals surface area contributed by atoms with Crippen LogP contribution in [0.25, 0.3) is 0 Å². The second-order valence-corrected chi connectivity index (χ2v) is 7.00. The molecule has 2 aliphatic rings. The van der Waals surface area contributed by atoms with Gasteiger partial charge in [0.25, 0.3) is 0 Å². The van der Waals surface area contributed by atoms with Gasteiger partial charge in [-0.1, -0.05) is 36.2 Å². The van der Waals surface area contributed by atoms with E-state index in [1.54, 1.807) is 6.07 Å². The number of nitrogens with zero attached hydrogens (tertiary/aromatic N) is 1. The minimum atomic E-state index is 0.105. The van der Waals surface area contributed by atoms with Crippen molar-refractivity contribution in [3.63, 3.8) is 0 Å². The van der Waals surface area contributed by atoms with Crippen molar-refractivity contribution in [2.75, 3.05) is 13.1 Å². The van der Waals surface area contributed by atoms with Gasteiger partial charge in [-0.15, -0.1) is 0 Å². The number of hydrogen-bond acceptors (Lipinski definition) is 2. The number of benzene rings is 1. The fourth-order valence-electron chi connectivity index (χ4n) is 2.96. The van der Waals surface area contributed by atoms with E-state index >= 15 is 0 Å². The largest absolute Gasteiger partial charge is 0.335 e.